The lowest BCUT2D eigenvalue weighted by Crippen LogP contribution is -2.32. The lowest BCUT2D eigenvalue weighted by Gasteiger charge is -2.31. The number of carbonyl (C=O) groups is 1. The van der Waals surface area contributed by atoms with Crippen molar-refractivity contribution < 1.29 is 18.7 Å². The molecule has 2 rings (SSSR count). The van der Waals surface area contributed by atoms with E-state index in [0.29, 0.717) is 12.5 Å². The van der Waals surface area contributed by atoms with Crippen molar-refractivity contribution in [3.05, 3.63) is 11.2 Å². The number of thiazole rings is 1. The fourth-order valence-corrected chi connectivity index (χ4v) is 3.95. The van der Waals surface area contributed by atoms with E-state index in [-0.39, 0.29) is 10.7 Å². The average molecular weight is 303 g/mol. The van der Waals surface area contributed by atoms with Crippen LogP contribution < -0.4 is 4.31 Å². The molecule has 1 heterocycles. The minimum absolute atomic E-state index is 0.190. The number of nitrogens with zero attached hydrogens (tertiary/aromatic N) is 2. The summed E-state index contributed by atoms with van der Waals surface area (Å²) in [7, 11) is 0. The minimum Gasteiger partial charge on any atom is -0.755 e. The van der Waals surface area contributed by atoms with Crippen molar-refractivity contribution in [2.24, 2.45) is 5.92 Å². The van der Waals surface area contributed by atoms with Crippen molar-refractivity contribution in [1.82, 2.24) is 4.98 Å². The molecule has 0 bridgehead atoms. The van der Waals surface area contributed by atoms with Crippen LogP contribution in [0.4, 0.5) is 5.00 Å². The Morgan fingerprint density at radius 2 is 2.21 bits per heavy atom. The van der Waals surface area contributed by atoms with Crippen molar-refractivity contribution in [1.29, 1.82) is 0 Å². The largest absolute Gasteiger partial charge is 0.755 e. The lowest BCUT2D eigenvalue weighted by molar-refractivity contribution is 0.0692. The third-order valence-corrected chi connectivity index (χ3v) is 4.96. The molecule has 8 heteroatoms. The molecule has 0 radical (unpaired) electrons. The lowest BCUT2D eigenvalue weighted by atomic mass is 9.89. The number of carboxylic acid groups (broad SMARTS) is 1. The number of aromatic nitrogens is 1. The molecule has 0 saturated heterocycles. The standard InChI is InChI=1S/C11H16N2O4S2/c14-11(15)9-10(18-7-12-9)13(19(16)17)6-8-4-2-1-3-5-8/h7-8H,1-6H2,(H,14,15)(H,16,17)/p-1. The highest BCUT2D eigenvalue weighted by Gasteiger charge is 2.24. The second-order valence-corrected chi connectivity index (χ2v) is 6.30. The fraction of sp³-hybridized carbons (Fsp3) is 0.636. The van der Waals surface area contributed by atoms with Crippen LogP contribution in [-0.2, 0) is 11.3 Å². The second-order valence-electron chi connectivity index (χ2n) is 4.59. The zero-order valence-corrected chi connectivity index (χ0v) is 11.9. The van der Waals surface area contributed by atoms with Gasteiger partial charge in [-0.2, -0.15) is 0 Å². The maximum atomic E-state index is 11.4. The van der Waals surface area contributed by atoms with Crippen LogP contribution in [0.2, 0.25) is 0 Å². The highest BCUT2D eigenvalue weighted by atomic mass is 32.2. The van der Waals surface area contributed by atoms with Gasteiger partial charge in [0, 0.05) is 17.8 Å². The number of rotatable bonds is 5. The quantitative estimate of drug-likeness (QED) is 0.840. The molecule has 0 amide bonds. The molecular formula is C11H15N2O4S2-. The smallest absolute Gasteiger partial charge is 0.357 e. The molecule has 1 N–H and O–H groups in total. The molecule has 19 heavy (non-hydrogen) atoms. The van der Waals surface area contributed by atoms with E-state index in [2.05, 4.69) is 4.98 Å². The van der Waals surface area contributed by atoms with Gasteiger partial charge in [-0.05, 0) is 18.8 Å². The Bertz CT molecular complexity index is 471. The summed E-state index contributed by atoms with van der Waals surface area (Å²) in [6.07, 6.45) is 5.40. The van der Waals surface area contributed by atoms with E-state index in [1.165, 1.54) is 11.9 Å². The zero-order valence-electron chi connectivity index (χ0n) is 10.3. The fourth-order valence-electron chi connectivity index (χ4n) is 2.38. The first-order valence-electron chi connectivity index (χ1n) is 6.13. The van der Waals surface area contributed by atoms with Gasteiger partial charge in [0.2, 0.25) is 0 Å². The molecule has 1 aromatic heterocycles. The summed E-state index contributed by atoms with van der Waals surface area (Å²) in [5.41, 5.74) is 1.17. The first-order chi connectivity index (χ1) is 9.09. The Morgan fingerprint density at radius 3 is 2.79 bits per heavy atom. The minimum atomic E-state index is -2.47. The SMILES string of the molecule is O=C(O)c1ncsc1N(CC1CCCCC1)S(=O)[O-]. The summed E-state index contributed by atoms with van der Waals surface area (Å²) < 4.78 is 23.9. The van der Waals surface area contributed by atoms with Gasteiger partial charge in [0.1, 0.15) is 5.00 Å². The Labute approximate surface area is 117 Å². The van der Waals surface area contributed by atoms with Crippen LogP contribution in [0.1, 0.15) is 42.6 Å². The summed E-state index contributed by atoms with van der Waals surface area (Å²) in [5, 5.41) is 9.21. The molecular weight excluding hydrogens is 288 g/mol. The van der Waals surface area contributed by atoms with Gasteiger partial charge in [-0.15, -0.1) is 11.3 Å². The second kappa shape index (κ2) is 6.44. The molecule has 1 saturated carbocycles. The van der Waals surface area contributed by atoms with Gasteiger partial charge in [-0.1, -0.05) is 19.3 Å². The molecule has 1 unspecified atom stereocenters. The van der Waals surface area contributed by atoms with Crippen LogP contribution >= 0.6 is 11.3 Å². The Kier molecular flexibility index (Phi) is 4.89. The number of hydrogen-bond donors (Lipinski definition) is 1. The van der Waals surface area contributed by atoms with E-state index in [0.717, 1.165) is 41.3 Å². The van der Waals surface area contributed by atoms with Gasteiger partial charge in [-0.3, -0.25) is 8.51 Å². The van der Waals surface area contributed by atoms with Crippen LogP contribution in [0.25, 0.3) is 0 Å². The topological polar surface area (TPSA) is 93.6 Å². The highest BCUT2D eigenvalue weighted by Crippen LogP contribution is 2.31. The molecule has 0 aliphatic heterocycles. The summed E-state index contributed by atoms with van der Waals surface area (Å²) in [6, 6.07) is 0. The van der Waals surface area contributed by atoms with E-state index in [1.54, 1.807) is 0 Å². The van der Waals surface area contributed by atoms with Gasteiger partial charge in [0.15, 0.2) is 5.69 Å². The third kappa shape index (κ3) is 3.52. The Morgan fingerprint density at radius 1 is 1.53 bits per heavy atom. The molecule has 0 spiro atoms. The number of hydrogen-bond acceptors (Lipinski definition) is 5. The van der Waals surface area contributed by atoms with E-state index >= 15 is 0 Å². The predicted molar refractivity (Wildman–Crippen MR) is 71.9 cm³/mol. The van der Waals surface area contributed by atoms with Gasteiger partial charge < -0.3 is 9.66 Å². The third-order valence-electron chi connectivity index (χ3n) is 3.31. The van der Waals surface area contributed by atoms with Crippen molar-refractivity contribution in [3.8, 4) is 0 Å². The van der Waals surface area contributed by atoms with Crippen LogP contribution in [-0.4, -0.2) is 31.4 Å². The van der Waals surface area contributed by atoms with Gasteiger partial charge in [0.25, 0.3) is 0 Å². The molecule has 1 aromatic rings. The summed E-state index contributed by atoms with van der Waals surface area (Å²) in [6.45, 7) is 0.346. The van der Waals surface area contributed by atoms with Crippen molar-refractivity contribution in [3.63, 3.8) is 0 Å². The average Bonchev–Trinajstić information content (AvgIpc) is 2.86. The van der Waals surface area contributed by atoms with E-state index in [4.69, 9.17) is 5.11 Å². The van der Waals surface area contributed by atoms with Crippen molar-refractivity contribution in [2.75, 3.05) is 10.8 Å². The van der Waals surface area contributed by atoms with Crippen LogP contribution in [0.15, 0.2) is 5.51 Å². The molecule has 1 aliphatic carbocycles. The normalized spacial score (nSPS) is 18.2. The highest BCUT2D eigenvalue weighted by molar-refractivity contribution is 7.81. The summed E-state index contributed by atoms with van der Waals surface area (Å²) in [5.74, 6) is -0.897. The first kappa shape index (κ1) is 14.4. The van der Waals surface area contributed by atoms with Crippen LogP contribution in [0, 0.1) is 5.92 Å². The summed E-state index contributed by atoms with van der Waals surface area (Å²) >= 11 is -1.43. The Balaban J connectivity index is 2.17. The van der Waals surface area contributed by atoms with Crippen LogP contribution in [0.5, 0.6) is 0 Å². The molecule has 106 valence electrons. The monoisotopic (exact) mass is 303 g/mol. The molecule has 1 fully saturated rings. The van der Waals surface area contributed by atoms with Crippen molar-refractivity contribution >= 4 is 33.6 Å². The number of anilines is 1. The first-order valence-corrected chi connectivity index (χ1v) is 8.04. The molecule has 0 aromatic carbocycles. The Hall–Kier alpha value is -0.990. The van der Waals surface area contributed by atoms with Gasteiger partial charge >= 0.3 is 5.97 Å². The molecule has 6 nitrogen and oxygen atoms in total. The van der Waals surface area contributed by atoms with Crippen LogP contribution in [0.3, 0.4) is 0 Å². The van der Waals surface area contributed by atoms with Gasteiger partial charge in [-0.25, -0.2) is 9.78 Å². The van der Waals surface area contributed by atoms with Crippen molar-refractivity contribution in [2.45, 2.75) is 32.1 Å². The maximum Gasteiger partial charge on any atom is 0.357 e. The number of aromatic carboxylic acids is 1. The van der Waals surface area contributed by atoms with Gasteiger partial charge in [0.05, 0.1) is 5.51 Å². The van der Waals surface area contributed by atoms with E-state index < -0.39 is 17.2 Å². The summed E-state index contributed by atoms with van der Waals surface area (Å²) in [4.78, 5) is 14.7. The number of carboxylic acids is 1. The van der Waals surface area contributed by atoms with E-state index in [1.807, 2.05) is 0 Å². The zero-order chi connectivity index (χ0) is 13.8. The molecule has 1 aliphatic rings. The predicted octanol–water partition coefficient (Wildman–Crippen LogP) is 2.02. The molecule has 1 atom stereocenters. The van der Waals surface area contributed by atoms with E-state index in [9.17, 15) is 13.6 Å². The maximum absolute atomic E-state index is 11.4.